The van der Waals surface area contributed by atoms with E-state index < -0.39 is 0 Å². The van der Waals surface area contributed by atoms with Gasteiger partial charge in [0, 0.05) is 21.1 Å². The molecular formula is C12H13Cl2N3S. The summed E-state index contributed by atoms with van der Waals surface area (Å²) in [5, 5.41) is 2.32. The minimum atomic E-state index is -0.0337. The molecule has 2 aromatic rings. The van der Waals surface area contributed by atoms with E-state index in [0.29, 0.717) is 16.5 Å². The van der Waals surface area contributed by atoms with Gasteiger partial charge in [0.2, 0.25) is 0 Å². The predicted molar refractivity (Wildman–Crippen MR) is 77.1 cm³/mol. The van der Waals surface area contributed by atoms with Crippen LogP contribution in [0.2, 0.25) is 10.0 Å². The molecule has 1 heterocycles. The van der Waals surface area contributed by atoms with Crippen molar-refractivity contribution in [2.75, 3.05) is 0 Å². The van der Waals surface area contributed by atoms with Crippen molar-refractivity contribution in [1.29, 1.82) is 0 Å². The third-order valence-electron chi connectivity index (χ3n) is 2.65. The van der Waals surface area contributed by atoms with Gasteiger partial charge in [-0.15, -0.1) is 11.3 Å². The number of hydrazine groups is 1. The highest BCUT2D eigenvalue weighted by Gasteiger charge is 2.16. The molecule has 0 saturated heterocycles. The molecule has 96 valence electrons. The van der Waals surface area contributed by atoms with Gasteiger partial charge < -0.3 is 0 Å². The van der Waals surface area contributed by atoms with Crippen molar-refractivity contribution >= 4 is 34.5 Å². The summed E-state index contributed by atoms with van der Waals surface area (Å²) in [4.78, 5) is 5.30. The summed E-state index contributed by atoms with van der Waals surface area (Å²) in [6.45, 7) is 1.96. The first-order valence-electron chi connectivity index (χ1n) is 5.43. The van der Waals surface area contributed by atoms with Crippen LogP contribution in [-0.4, -0.2) is 4.98 Å². The largest absolute Gasteiger partial charge is 0.271 e. The predicted octanol–water partition coefficient (Wildman–Crippen LogP) is 3.51. The summed E-state index contributed by atoms with van der Waals surface area (Å²) < 4.78 is 0. The number of thiazole rings is 1. The second-order valence-electron chi connectivity index (χ2n) is 3.91. The second kappa shape index (κ2) is 5.99. The van der Waals surface area contributed by atoms with Gasteiger partial charge in [-0.3, -0.25) is 11.3 Å². The highest BCUT2D eigenvalue weighted by Crippen LogP contribution is 2.30. The van der Waals surface area contributed by atoms with Gasteiger partial charge in [0.15, 0.2) is 0 Å². The van der Waals surface area contributed by atoms with Gasteiger partial charge in [-0.05, 0) is 31.0 Å². The van der Waals surface area contributed by atoms with E-state index in [1.54, 1.807) is 11.3 Å². The average molecular weight is 302 g/mol. The van der Waals surface area contributed by atoms with Crippen molar-refractivity contribution in [2.24, 2.45) is 5.84 Å². The Morgan fingerprint density at radius 3 is 2.56 bits per heavy atom. The summed E-state index contributed by atoms with van der Waals surface area (Å²) in [7, 11) is 0. The molecular weight excluding hydrogens is 289 g/mol. The molecule has 3 N–H and O–H groups in total. The Hall–Kier alpha value is -0.650. The highest BCUT2D eigenvalue weighted by atomic mass is 35.5. The lowest BCUT2D eigenvalue weighted by Gasteiger charge is -2.15. The number of benzene rings is 1. The second-order valence-corrected chi connectivity index (χ2v) is 5.99. The molecule has 6 heteroatoms. The molecule has 1 atom stereocenters. The highest BCUT2D eigenvalue weighted by molar-refractivity contribution is 7.11. The molecule has 2 rings (SSSR count). The zero-order chi connectivity index (χ0) is 13.1. The molecule has 18 heavy (non-hydrogen) atoms. The fraction of sp³-hybridized carbons (Fsp3) is 0.250. The Labute approximate surface area is 120 Å². The number of hydrogen-bond donors (Lipinski definition) is 2. The molecule has 0 saturated carbocycles. The van der Waals surface area contributed by atoms with E-state index in [4.69, 9.17) is 29.0 Å². The lowest BCUT2D eigenvalue weighted by atomic mass is 10.1. The first-order chi connectivity index (χ1) is 8.61. The van der Waals surface area contributed by atoms with Crippen molar-refractivity contribution in [3.8, 4) is 0 Å². The summed E-state index contributed by atoms with van der Waals surface area (Å²) in [6, 6.07) is 5.45. The zero-order valence-electron chi connectivity index (χ0n) is 9.78. The molecule has 0 radical (unpaired) electrons. The molecule has 0 fully saturated rings. The van der Waals surface area contributed by atoms with E-state index in [1.165, 1.54) is 0 Å². The van der Waals surface area contributed by atoms with Gasteiger partial charge in [0.1, 0.15) is 0 Å². The van der Waals surface area contributed by atoms with Crippen molar-refractivity contribution in [2.45, 2.75) is 19.4 Å². The number of nitrogens with one attached hydrogen (secondary N) is 1. The Balaban J connectivity index is 2.26. The van der Waals surface area contributed by atoms with Crippen LogP contribution >= 0.6 is 34.5 Å². The molecule has 3 nitrogen and oxygen atoms in total. The van der Waals surface area contributed by atoms with Gasteiger partial charge in [0.25, 0.3) is 0 Å². The maximum absolute atomic E-state index is 6.16. The van der Waals surface area contributed by atoms with E-state index in [2.05, 4.69) is 10.4 Å². The first kappa shape index (κ1) is 13.8. The quantitative estimate of drug-likeness (QED) is 0.671. The van der Waals surface area contributed by atoms with Crippen LogP contribution in [0.1, 0.15) is 21.5 Å². The molecule has 0 aliphatic heterocycles. The first-order valence-corrected chi connectivity index (χ1v) is 7.00. The summed E-state index contributed by atoms with van der Waals surface area (Å²) >= 11 is 13.9. The standard InChI is InChI=1S/C12H13Cl2N3S/c1-7-16-6-12(18-7)11(17-15)5-8-9(13)3-2-4-10(8)14/h2-4,6,11,17H,5,15H2,1H3. The molecule has 1 aromatic heterocycles. The number of aromatic nitrogens is 1. The molecule has 0 spiro atoms. The fourth-order valence-electron chi connectivity index (χ4n) is 1.71. The molecule has 1 unspecified atom stereocenters. The maximum Gasteiger partial charge on any atom is 0.0897 e. The van der Waals surface area contributed by atoms with Crippen molar-refractivity contribution in [1.82, 2.24) is 10.4 Å². The topological polar surface area (TPSA) is 50.9 Å². The van der Waals surface area contributed by atoms with Crippen LogP contribution in [-0.2, 0) is 6.42 Å². The van der Waals surface area contributed by atoms with Crippen molar-refractivity contribution < 1.29 is 0 Å². The Bertz CT molecular complexity index is 522. The van der Waals surface area contributed by atoms with E-state index in [0.717, 1.165) is 15.4 Å². The Morgan fingerprint density at radius 2 is 2.06 bits per heavy atom. The van der Waals surface area contributed by atoms with E-state index in [1.807, 2.05) is 31.3 Å². The number of halogens is 2. The monoisotopic (exact) mass is 301 g/mol. The molecule has 1 aromatic carbocycles. The summed E-state index contributed by atoms with van der Waals surface area (Å²) in [6.07, 6.45) is 2.46. The van der Waals surface area contributed by atoms with Crippen LogP contribution in [0.25, 0.3) is 0 Å². The van der Waals surface area contributed by atoms with Crippen molar-refractivity contribution in [3.63, 3.8) is 0 Å². The number of nitrogens with two attached hydrogens (primary N) is 1. The SMILES string of the molecule is Cc1ncc(C(Cc2c(Cl)cccc2Cl)NN)s1. The lowest BCUT2D eigenvalue weighted by molar-refractivity contribution is 0.560. The van der Waals surface area contributed by atoms with E-state index in [9.17, 15) is 0 Å². The van der Waals surface area contributed by atoms with Crippen LogP contribution in [0.15, 0.2) is 24.4 Å². The number of hydrogen-bond acceptors (Lipinski definition) is 4. The van der Waals surface area contributed by atoms with Gasteiger partial charge >= 0.3 is 0 Å². The smallest absolute Gasteiger partial charge is 0.0897 e. The Kier molecular flexibility index (Phi) is 4.59. The van der Waals surface area contributed by atoms with Gasteiger partial charge in [0.05, 0.1) is 11.0 Å². The zero-order valence-corrected chi connectivity index (χ0v) is 12.1. The minimum Gasteiger partial charge on any atom is -0.271 e. The molecule has 0 aliphatic rings. The molecule has 0 amide bonds. The van der Waals surface area contributed by atoms with E-state index >= 15 is 0 Å². The van der Waals surface area contributed by atoms with Crippen LogP contribution in [0.3, 0.4) is 0 Å². The van der Waals surface area contributed by atoms with Crippen LogP contribution in [0.4, 0.5) is 0 Å². The number of aryl methyl sites for hydroxylation is 1. The summed E-state index contributed by atoms with van der Waals surface area (Å²) in [5.41, 5.74) is 3.69. The third-order valence-corrected chi connectivity index (χ3v) is 4.39. The summed E-state index contributed by atoms with van der Waals surface area (Å²) in [5.74, 6) is 5.60. The maximum atomic E-state index is 6.16. The van der Waals surface area contributed by atoms with Crippen LogP contribution in [0, 0.1) is 6.92 Å². The Morgan fingerprint density at radius 1 is 1.39 bits per heavy atom. The van der Waals surface area contributed by atoms with Crippen molar-refractivity contribution in [3.05, 3.63) is 49.9 Å². The minimum absolute atomic E-state index is 0.0337. The van der Waals surface area contributed by atoms with Crippen LogP contribution in [0.5, 0.6) is 0 Å². The van der Waals surface area contributed by atoms with E-state index in [-0.39, 0.29) is 6.04 Å². The lowest BCUT2D eigenvalue weighted by Crippen LogP contribution is -2.29. The normalized spacial score (nSPS) is 12.7. The van der Waals surface area contributed by atoms with Gasteiger partial charge in [-0.2, -0.15) is 0 Å². The number of rotatable bonds is 4. The third kappa shape index (κ3) is 3.02. The fourth-order valence-corrected chi connectivity index (χ4v) is 3.11. The number of nitrogens with zero attached hydrogens (tertiary/aromatic N) is 1. The van der Waals surface area contributed by atoms with Gasteiger partial charge in [-0.25, -0.2) is 4.98 Å². The van der Waals surface area contributed by atoms with Crippen LogP contribution < -0.4 is 11.3 Å². The van der Waals surface area contributed by atoms with Gasteiger partial charge in [-0.1, -0.05) is 29.3 Å². The average Bonchev–Trinajstić information content (AvgIpc) is 2.76. The molecule has 0 bridgehead atoms. The molecule has 0 aliphatic carbocycles.